The van der Waals surface area contributed by atoms with Crippen LogP contribution in [0.15, 0.2) is 22.9 Å². The predicted octanol–water partition coefficient (Wildman–Crippen LogP) is 4.39. The van der Waals surface area contributed by atoms with E-state index in [4.69, 9.17) is 0 Å². The highest BCUT2D eigenvalue weighted by atomic mass is 79.9. The third kappa shape index (κ3) is 3.38. The van der Waals surface area contributed by atoms with Crippen molar-refractivity contribution in [1.29, 1.82) is 0 Å². The molecule has 2 aliphatic rings. The highest BCUT2D eigenvalue weighted by molar-refractivity contribution is 9.10. The van der Waals surface area contributed by atoms with Crippen molar-refractivity contribution >= 4 is 15.9 Å². The van der Waals surface area contributed by atoms with Crippen LogP contribution in [0, 0.1) is 5.41 Å². The number of aromatic nitrogens is 1. The topological polar surface area (TPSA) is 16.1 Å². The lowest BCUT2D eigenvalue weighted by atomic mass is 9.68. The van der Waals surface area contributed by atoms with Crippen molar-refractivity contribution in [3.8, 4) is 0 Å². The lowest BCUT2D eigenvalue weighted by Crippen LogP contribution is -2.40. The molecule has 1 saturated carbocycles. The smallest absolute Gasteiger partial charge is 0.0410 e. The van der Waals surface area contributed by atoms with E-state index in [1.165, 1.54) is 63.6 Å². The summed E-state index contributed by atoms with van der Waals surface area (Å²) < 4.78 is 1.09. The highest BCUT2D eigenvalue weighted by Gasteiger charge is 2.35. The summed E-state index contributed by atoms with van der Waals surface area (Å²) in [6.07, 6.45) is 14.0. The molecule has 0 radical (unpaired) electrons. The van der Waals surface area contributed by atoms with E-state index in [2.05, 4.69) is 31.9 Å². The summed E-state index contributed by atoms with van der Waals surface area (Å²) in [4.78, 5) is 6.86. The SMILES string of the molecule is Brc1cncc(CN2CCC3(CCCCC3)CC2)c1. The van der Waals surface area contributed by atoms with E-state index in [0.717, 1.165) is 11.0 Å². The number of hydrogen-bond acceptors (Lipinski definition) is 2. The Morgan fingerprint density at radius 1 is 1.05 bits per heavy atom. The fourth-order valence-electron chi connectivity index (χ4n) is 3.79. The second kappa shape index (κ2) is 5.92. The molecule has 1 aliphatic carbocycles. The average molecular weight is 323 g/mol. The largest absolute Gasteiger partial charge is 0.299 e. The van der Waals surface area contributed by atoms with Gasteiger partial charge in [0.1, 0.15) is 0 Å². The second-order valence-electron chi connectivity index (χ2n) is 6.35. The molecule has 1 aliphatic heterocycles. The molecule has 19 heavy (non-hydrogen) atoms. The molecule has 0 atom stereocenters. The molecular formula is C16H23BrN2. The summed E-state index contributed by atoms with van der Waals surface area (Å²) >= 11 is 3.50. The first-order valence-electron chi connectivity index (χ1n) is 7.58. The maximum atomic E-state index is 4.26. The van der Waals surface area contributed by atoms with Gasteiger partial charge in [-0.1, -0.05) is 19.3 Å². The molecule has 0 aromatic carbocycles. The Balaban J connectivity index is 1.55. The van der Waals surface area contributed by atoms with Gasteiger partial charge >= 0.3 is 0 Å². The molecular weight excluding hydrogens is 300 g/mol. The van der Waals surface area contributed by atoms with E-state index in [1.807, 2.05) is 12.4 Å². The Hall–Kier alpha value is -0.410. The van der Waals surface area contributed by atoms with Gasteiger partial charge in [-0.15, -0.1) is 0 Å². The minimum absolute atomic E-state index is 0.713. The van der Waals surface area contributed by atoms with E-state index in [-0.39, 0.29) is 0 Å². The van der Waals surface area contributed by atoms with Crippen LogP contribution in [-0.4, -0.2) is 23.0 Å². The number of hydrogen-bond donors (Lipinski definition) is 0. The summed E-state index contributed by atoms with van der Waals surface area (Å²) in [5.74, 6) is 0. The number of piperidine rings is 1. The molecule has 1 saturated heterocycles. The summed E-state index contributed by atoms with van der Waals surface area (Å²) in [7, 11) is 0. The van der Waals surface area contributed by atoms with E-state index in [0.29, 0.717) is 5.41 Å². The quantitative estimate of drug-likeness (QED) is 0.802. The summed E-state index contributed by atoms with van der Waals surface area (Å²) in [6, 6.07) is 2.19. The minimum Gasteiger partial charge on any atom is -0.299 e. The molecule has 2 heterocycles. The van der Waals surface area contributed by atoms with Crippen molar-refractivity contribution in [2.75, 3.05) is 13.1 Å². The first-order chi connectivity index (χ1) is 9.26. The zero-order chi connectivity index (χ0) is 13.1. The van der Waals surface area contributed by atoms with Crippen LogP contribution < -0.4 is 0 Å². The monoisotopic (exact) mass is 322 g/mol. The molecule has 0 amide bonds. The molecule has 0 unspecified atom stereocenters. The van der Waals surface area contributed by atoms with Crippen LogP contribution in [0.3, 0.4) is 0 Å². The lowest BCUT2D eigenvalue weighted by molar-refractivity contribution is 0.0641. The zero-order valence-corrected chi connectivity index (χ0v) is 13.2. The zero-order valence-electron chi connectivity index (χ0n) is 11.6. The summed E-state index contributed by atoms with van der Waals surface area (Å²) in [6.45, 7) is 3.60. The molecule has 2 fully saturated rings. The van der Waals surface area contributed by atoms with Crippen LogP contribution in [0.25, 0.3) is 0 Å². The molecule has 104 valence electrons. The van der Waals surface area contributed by atoms with Gasteiger partial charge in [-0.3, -0.25) is 9.88 Å². The van der Waals surface area contributed by atoms with Crippen molar-refractivity contribution in [2.24, 2.45) is 5.41 Å². The van der Waals surface area contributed by atoms with Gasteiger partial charge in [0.2, 0.25) is 0 Å². The summed E-state index contributed by atoms with van der Waals surface area (Å²) in [5, 5.41) is 0. The number of nitrogens with zero attached hydrogens (tertiary/aromatic N) is 2. The number of pyridine rings is 1. The van der Waals surface area contributed by atoms with Crippen molar-refractivity contribution in [3.05, 3.63) is 28.5 Å². The molecule has 1 spiro atoms. The fourth-order valence-corrected chi connectivity index (χ4v) is 4.20. The van der Waals surface area contributed by atoms with Gasteiger partial charge in [-0.25, -0.2) is 0 Å². The molecule has 0 bridgehead atoms. The van der Waals surface area contributed by atoms with Gasteiger partial charge < -0.3 is 0 Å². The number of likely N-dealkylation sites (tertiary alicyclic amines) is 1. The van der Waals surface area contributed by atoms with E-state index < -0.39 is 0 Å². The van der Waals surface area contributed by atoms with Gasteiger partial charge in [-0.2, -0.15) is 0 Å². The van der Waals surface area contributed by atoms with Crippen LogP contribution in [0.1, 0.15) is 50.5 Å². The van der Waals surface area contributed by atoms with Crippen LogP contribution in [-0.2, 0) is 6.54 Å². The van der Waals surface area contributed by atoms with Crippen molar-refractivity contribution in [3.63, 3.8) is 0 Å². The predicted molar refractivity (Wildman–Crippen MR) is 82.0 cm³/mol. The van der Waals surface area contributed by atoms with Crippen LogP contribution in [0.4, 0.5) is 0 Å². The molecule has 1 aromatic heterocycles. The third-order valence-electron chi connectivity index (χ3n) is 5.00. The van der Waals surface area contributed by atoms with Gasteiger partial charge in [-0.05, 0) is 71.7 Å². The van der Waals surface area contributed by atoms with E-state index in [9.17, 15) is 0 Å². The molecule has 1 aromatic rings. The van der Waals surface area contributed by atoms with Crippen LogP contribution in [0.2, 0.25) is 0 Å². The Bertz CT molecular complexity index is 417. The Morgan fingerprint density at radius 3 is 2.47 bits per heavy atom. The first kappa shape index (κ1) is 13.6. The molecule has 3 rings (SSSR count). The van der Waals surface area contributed by atoms with E-state index >= 15 is 0 Å². The Morgan fingerprint density at radius 2 is 1.79 bits per heavy atom. The van der Waals surface area contributed by atoms with Gasteiger partial charge in [0.15, 0.2) is 0 Å². The summed E-state index contributed by atoms with van der Waals surface area (Å²) in [5.41, 5.74) is 2.04. The molecule has 0 N–H and O–H groups in total. The van der Waals surface area contributed by atoms with Gasteiger partial charge in [0, 0.05) is 23.4 Å². The number of halogens is 1. The van der Waals surface area contributed by atoms with Crippen molar-refractivity contribution in [2.45, 2.75) is 51.5 Å². The minimum atomic E-state index is 0.713. The fraction of sp³-hybridized carbons (Fsp3) is 0.688. The average Bonchev–Trinajstić information content (AvgIpc) is 2.43. The Kier molecular flexibility index (Phi) is 4.23. The van der Waals surface area contributed by atoms with Crippen LogP contribution >= 0.6 is 15.9 Å². The van der Waals surface area contributed by atoms with Crippen LogP contribution in [0.5, 0.6) is 0 Å². The second-order valence-corrected chi connectivity index (χ2v) is 7.26. The maximum absolute atomic E-state index is 4.26. The third-order valence-corrected chi connectivity index (χ3v) is 5.43. The lowest BCUT2D eigenvalue weighted by Gasteiger charge is -2.44. The molecule has 2 nitrogen and oxygen atoms in total. The first-order valence-corrected chi connectivity index (χ1v) is 8.37. The Labute approximate surface area is 124 Å². The highest BCUT2D eigenvalue weighted by Crippen LogP contribution is 2.44. The standard InChI is InChI=1S/C16H23BrN2/c17-15-10-14(11-18-12-15)13-19-8-6-16(7-9-19)4-2-1-3-5-16/h10-12H,1-9,13H2. The van der Waals surface area contributed by atoms with Crippen molar-refractivity contribution in [1.82, 2.24) is 9.88 Å². The van der Waals surface area contributed by atoms with Crippen molar-refractivity contribution < 1.29 is 0 Å². The maximum Gasteiger partial charge on any atom is 0.0410 e. The van der Waals surface area contributed by atoms with Gasteiger partial charge in [0.05, 0.1) is 0 Å². The van der Waals surface area contributed by atoms with E-state index in [1.54, 1.807) is 0 Å². The number of rotatable bonds is 2. The van der Waals surface area contributed by atoms with Gasteiger partial charge in [0.25, 0.3) is 0 Å². The molecule has 3 heteroatoms. The normalized spacial score (nSPS) is 23.6.